The normalized spacial score (nSPS) is 16.8. The summed E-state index contributed by atoms with van der Waals surface area (Å²) in [6.07, 6.45) is 1.45. The zero-order valence-corrected chi connectivity index (χ0v) is 10.2. The molecule has 0 aromatic heterocycles. The molecule has 1 aromatic carbocycles. The van der Waals surface area contributed by atoms with Gasteiger partial charge in [-0.05, 0) is 37.5 Å². The zero-order valence-electron chi connectivity index (χ0n) is 10.2. The summed E-state index contributed by atoms with van der Waals surface area (Å²) in [5.74, 6) is -0.222. The van der Waals surface area contributed by atoms with Gasteiger partial charge in [-0.15, -0.1) is 0 Å². The minimum Gasteiger partial charge on any atom is -0.377 e. The molecule has 0 radical (unpaired) electrons. The molecule has 0 spiro atoms. The summed E-state index contributed by atoms with van der Waals surface area (Å²) >= 11 is 0. The number of hydrogen-bond donors (Lipinski definition) is 1. The van der Waals surface area contributed by atoms with Crippen molar-refractivity contribution in [2.24, 2.45) is 5.73 Å². The molecule has 0 aliphatic rings. The molecular formula is C13H20FNO. The van der Waals surface area contributed by atoms with Crippen LogP contribution in [0.4, 0.5) is 4.39 Å². The van der Waals surface area contributed by atoms with E-state index >= 15 is 0 Å². The third-order valence-electron chi connectivity index (χ3n) is 3.30. The Morgan fingerprint density at radius 2 is 2.19 bits per heavy atom. The first-order chi connectivity index (χ1) is 7.51. The molecule has 2 unspecified atom stereocenters. The Labute approximate surface area is 96.6 Å². The van der Waals surface area contributed by atoms with Crippen LogP contribution in [0.2, 0.25) is 0 Å². The summed E-state index contributed by atoms with van der Waals surface area (Å²) in [7, 11) is 1.66. The highest BCUT2D eigenvalue weighted by atomic mass is 19.1. The Bertz CT molecular complexity index is 336. The number of hydrogen-bond acceptors (Lipinski definition) is 2. The number of halogens is 1. The largest absolute Gasteiger partial charge is 0.377 e. The quantitative estimate of drug-likeness (QED) is 0.835. The van der Waals surface area contributed by atoms with Gasteiger partial charge in [0.05, 0.1) is 5.60 Å². The van der Waals surface area contributed by atoms with E-state index in [1.54, 1.807) is 13.2 Å². The second-order valence-electron chi connectivity index (χ2n) is 4.31. The first-order valence-electron chi connectivity index (χ1n) is 5.57. The maximum absolute atomic E-state index is 13.0. The summed E-state index contributed by atoms with van der Waals surface area (Å²) in [6, 6.07) is 6.40. The van der Waals surface area contributed by atoms with Crippen LogP contribution in [0.25, 0.3) is 0 Å². The van der Waals surface area contributed by atoms with E-state index in [1.807, 2.05) is 19.9 Å². The van der Waals surface area contributed by atoms with E-state index in [-0.39, 0.29) is 17.5 Å². The SMILES string of the molecule is CCC(C)(OC)C(N)Cc1cccc(F)c1. The lowest BCUT2D eigenvalue weighted by Gasteiger charge is -2.33. The molecule has 2 N–H and O–H groups in total. The molecular weight excluding hydrogens is 205 g/mol. The van der Waals surface area contributed by atoms with Gasteiger partial charge in [-0.1, -0.05) is 19.1 Å². The van der Waals surface area contributed by atoms with E-state index in [1.165, 1.54) is 12.1 Å². The fourth-order valence-corrected chi connectivity index (χ4v) is 1.69. The summed E-state index contributed by atoms with van der Waals surface area (Å²) < 4.78 is 18.4. The highest BCUT2D eigenvalue weighted by Gasteiger charge is 2.29. The van der Waals surface area contributed by atoms with Crippen molar-refractivity contribution in [2.45, 2.75) is 38.3 Å². The van der Waals surface area contributed by atoms with Crippen molar-refractivity contribution in [1.82, 2.24) is 0 Å². The first-order valence-corrected chi connectivity index (χ1v) is 5.57. The van der Waals surface area contributed by atoms with Crippen LogP contribution in [-0.2, 0) is 11.2 Å². The van der Waals surface area contributed by atoms with Crippen molar-refractivity contribution in [3.63, 3.8) is 0 Å². The first kappa shape index (κ1) is 13.1. The average molecular weight is 225 g/mol. The monoisotopic (exact) mass is 225 g/mol. The summed E-state index contributed by atoms with van der Waals surface area (Å²) in [4.78, 5) is 0. The van der Waals surface area contributed by atoms with Crippen molar-refractivity contribution >= 4 is 0 Å². The maximum atomic E-state index is 13.0. The molecule has 2 nitrogen and oxygen atoms in total. The smallest absolute Gasteiger partial charge is 0.123 e. The molecule has 0 aliphatic heterocycles. The molecule has 0 fully saturated rings. The molecule has 0 saturated heterocycles. The fourth-order valence-electron chi connectivity index (χ4n) is 1.69. The van der Waals surface area contributed by atoms with Gasteiger partial charge >= 0.3 is 0 Å². The van der Waals surface area contributed by atoms with Crippen molar-refractivity contribution in [3.05, 3.63) is 35.6 Å². The lowest BCUT2D eigenvalue weighted by molar-refractivity contribution is -0.0184. The van der Waals surface area contributed by atoms with E-state index in [2.05, 4.69) is 0 Å². The number of rotatable bonds is 5. The highest BCUT2D eigenvalue weighted by molar-refractivity contribution is 5.18. The maximum Gasteiger partial charge on any atom is 0.123 e. The second kappa shape index (κ2) is 5.41. The minimum atomic E-state index is -0.355. The van der Waals surface area contributed by atoms with Crippen molar-refractivity contribution < 1.29 is 9.13 Å². The third kappa shape index (κ3) is 3.03. The van der Waals surface area contributed by atoms with E-state index < -0.39 is 0 Å². The molecule has 0 amide bonds. The van der Waals surface area contributed by atoms with Gasteiger partial charge < -0.3 is 10.5 Å². The topological polar surface area (TPSA) is 35.2 Å². The third-order valence-corrected chi connectivity index (χ3v) is 3.30. The Hall–Kier alpha value is -0.930. The lowest BCUT2D eigenvalue weighted by Crippen LogP contribution is -2.48. The van der Waals surface area contributed by atoms with Crippen molar-refractivity contribution in [1.29, 1.82) is 0 Å². The van der Waals surface area contributed by atoms with Crippen LogP contribution >= 0.6 is 0 Å². The number of benzene rings is 1. The molecule has 0 saturated carbocycles. The second-order valence-corrected chi connectivity index (χ2v) is 4.31. The van der Waals surface area contributed by atoms with Gasteiger partial charge in [-0.3, -0.25) is 0 Å². The van der Waals surface area contributed by atoms with Crippen LogP contribution in [0.1, 0.15) is 25.8 Å². The van der Waals surface area contributed by atoms with Crippen LogP contribution in [0.15, 0.2) is 24.3 Å². The fraction of sp³-hybridized carbons (Fsp3) is 0.538. The van der Waals surface area contributed by atoms with Crippen LogP contribution < -0.4 is 5.73 Å². The van der Waals surface area contributed by atoms with Crippen LogP contribution in [0, 0.1) is 5.82 Å². The number of nitrogens with two attached hydrogens (primary N) is 1. The summed E-state index contributed by atoms with van der Waals surface area (Å²) in [5, 5.41) is 0. The molecule has 1 rings (SSSR count). The van der Waals surface area contributed by atoms with Crippen molar-refractivity contribution in [3.8, 4) is 0 Å². The Balaban J connectivity index is 2.74. The van der Waals surface area contributed by atoms with Crippen LogP contribution in [0.3, 0.4) is 0 Å². The van der Waals surface area contributed by atoms with E-state index in [0.717, 1.165) is 12.0 Å². The van der Waals surface area contributed by atoms with E-state index in [9.17, 15) is 4.39 Å². The van der Waals surface area contributed by atoms with E-state index in [4.69, 9.17) is 10.5 Å². The van der Waals surface area contributed by atoms with Gasteiger partial charge in [-0.25, -0.2) is 4.39 Å². The van der Waals surface area contributed by atoms with E-state index in [0.29, 0.717) is 6.42 Å². The van der Waals surface area contributed by atoms with Crippen molar-refractivity contribution in [2.75, 3.05) is 7.11 Å². The minimum absolute atomic E-state index is 0.135. The predicted molar refractivity (Wildman–Crippen MR) is 63.8 cm³/mol. The van der Waals surface area contributed by atoms with Gasteiger partial charge in [-0.2, -0.15) is 0 Å². The Morgan fingerprint density at radius 1 is 1.50 bits per heavy atom. The van der Waals surface area contributed by atoms with Gasteiger partial charge in [0.2, 0.25) is 0 Å². The summed E-state index contributed by atoms with van der Waals surface area (Å²) in [5.41, 5.74) is 6.66. The molecule has 3 heteroatoms. The zero-order chi connectivity index (χ0) is 12.2. The van der Waals surface area contributed by atoms with Gasteiger partial charge in [0.25, 0.3) is 0 Å². The standard InChI is InChI=1S/C13H20FNO/c1-4-13(2,16-3)12(15)9-10-6-5-7-11(14)8-10/h5-8,12H,4,9,15H2,1-3H3. The molecule has 0 bridgehead atoms. The highest BCUT2D eigenvalue weighted by Crippen LogP contribution is 2.20. The number of ether oxygens (including phenoxy) is 1. The molecule has 1 aromatic rings. The Morgan fingerprint density at radius 3 is 2.69 bits per heavy atom. The molecule has 0 aliphatic carbocycles. The summed E-state index contributed by atoms with van der Waals surface area (Å²) in [6.45, 7) is 4.02. The van der Waals surface area contributed by atoms with Gasteiger partial charge in [0.1, 0.15) is 5.82 Å². The molecule has 0 heterocycles. The van der Waals surface area contributed by atoms with Crippen LogP contribution in [-0.4, -0.2) is 18.8 Å². The average Bonchev–Trinajstić information content (AvgIpc) is 2.28. The predicted octanol–water partition coefficient (Wildman–Crippen LogP) is 2.51. The molecule has 16 heavy (non-hydrogen) atoms. The van der Waals surface area contributed by atoms with Gasteiger partial charge in [0, 0.05) is 13.2 Å². The lowest BCUT2D eigenvalue weighted by atomic mass is 9.89. The van der Waals surface area contributed by atoms with Crippen LogP contribution in [0.5, 0.6) is 0 Å². The molecule has 90 valence electrons. The van der Waals surface area contributed by atoms with Gasteiger partial charge in [0.15, 0.2) is 0 Å². The number of methoxy groups -OCH3 is 1. The Kier molecular flexibility index (Phi) is 4.44. The molecule has 2 atom stereocenters.